The molecule has 2 fully saturated rings. The van der Waals surface area contributed by atoms with Crippen LogP contribution in [0.5, 0.6) is 0 Å². The second-order valence-corrected chi connectivity index (χ2v) is 6.49. The van der Waals surface area contributed by atoms with Gasteiger partial charge in [-0.05, 0) is 40.5 Å². The zero-order valence-electron chi connectivity index (χ0n) is 12.2. The molecule has 0 aromatic heterocycles. The van der Waals surface area contributed by atoms with Crippen LogP contribution in [0, 0.1) is 0 Å². The van der Waals surface area contributed by atoms with Crippen molar-refractivity contribution in [3.05, 3.63) is 0 Å². The van der Waals surface area contributed by atoms with Crippen molar-refractivity contribution in [2.24, 2.45) is 0 Å². The summed E-state index contributed by atoms with van der Waals surface area (Å²) >= 11 is 0. The van der Waals surface area contributed by atoms with Crippen LogP contribution in [0.25, 0.3) is 0 Å². The summed E-state index contributed by atoms with van der Waals surface area (Å²) in [5, 5.41) is 0. The van der Waals surface area contributed by atoms with E-state index in [4.69, 9.17) is 9.31 Å². The lowest BCUT2D eigenvalue weighted by Crippen LogP contribution is -2.42. The maximum Gasteiger partial charge on any atom is 0.462 e. The van der Waals surface area contributed by atoms with Gasteiger partial charge in [-0.2, -0.15) is 0 Å². The van der Waals surface area contributed by atoms with Crippen molar-refractivity contribution in [3.63, 3.8) is 0 Å². The summed E-state index contributed by atoms with van der Waals surface area (Å²) in [7, 11) is -0.183. The summed E-state index contributed by atoms with van der Waals surface area (Å²) in [5.74, 6) is 0.444. The van der Waals surface area contributed by atoms with E-state index in [1.54, 1.807) is 6.92 Å². The fourth-order valence-corrected chi connectivity index (χ4v) is 2.60. The highest BCUT2D eigenvalue weighted by Crippen LogP contribution is 2.41. The third-order valence-corrected chi connectivity index (χ3v) is 4.56. The van der Waals surface area contributed by atoms with Gasteiger partial charge in [0.1, 0.15) is 0 Å². The number of carbonyl (C=O) groups is 1. The second-order valence-electron chi connectivity index (χ2n) is 6.49. The van der Waals surface area contributed by atoms with Gasteiger partial charge < -0.3 is 14.2 Å². The van der Waals surface area contributed by atoms with Crippen molar-refractivity contribution in [2.45, 2.75) is 64.5 Å². The quantitative estimate of drug-likeness (QED) is 0.671. The van der Waals surface area contributed by atoms with Crippen molar-refractivity contribution >= 4 is 13.0 Å². The van der Waals surface area contributed by atoms with Gasteiger partial charge >= 0.3 is 7.12 Å². The molecular formula is C13H24BNO3. The molecule has 2 saturated heterocycles. The maximum absolute atomic E-state index is 11.5. The van der Waals surface area contributed by atoms with Crippen LogP contribution in [0.15, 0.2) is 0 Å². The predicted molar refractivity (Wildman–Crippen MR) is 71.3 cm³/mol. The van der Waals surface area contributed by atoms with Gasteiger partial charge in [0.2, 0.25) is 5.91 Å². The number of amides is 1. The molecule has 0 spiro atoms. The molecular weight excluding hydrogens is 229 g/mol. The van der Waals surface area contributed by atoms with Gasteiger partial charge in [-0.3, -0.25) is 4.79 Å². The molecule has 0 bridgehead atoms. The van der Waals surface area contributed by atoms with Crippen LogP contribution < -0.4 is 0 Å². The molecule has 2 rings (SSSR count). The molecule has 4 nitrogen and oxygen atoms in total. The summed E-state index contributed by atoms with van der Waals surface area (Å²) in [5.41, 5.74) is -0.563. The first-order valence-corrected chi connectivity index (χ1v) is 6.84. The summed E-state index contributed by atoms with van der Waals surface area (Å²) in [6, 6.07) is 0. The number of hydrogen-bond acceptors (Lipinski definition) is 3. The lowest BCUT2D eigenvalue weighted by Gasteiger charge is -2.32. The van der Waals surface area contributed by atoms with E-state index in [9.17, 15) is 4.79 Å². The minimum absolute atomic E-state index is 0.149. The topological polar surface area (TPSA) is 38.8 Å². The normalized spacial score (nSPS) is 30.6. The summed E-state index contributed by atoms with van der Waals surface area (Å²) in [6.07, 6.45) is 2.11. The van der Waals surface area contributed by atoms with Crippen molar-refractivity contribution in [1.29, 1.82) is 0 Å². The Labute approximate surface area is 110 Å². The molecule has 1 unspecified atom stereocenters. The number of piperidine rings is 1. The van der Waals surface area contributed by atoms with Crippen molar-refractivity contribution in [2.75, 3.05) is 13.1 Å². The predicted octanol–water partition coefficient (Wildman–Crippen LogP) is 2.09. The molecule has 1 atom stereocenters. The Morgan fingerprint density at radius 2 is 1.78 bits per heavy atom. The van der Waals surface area contributed by atoms with E-state index in [0.29, 0.717) is 5.82 Å². The highest BCUT2D eigenvalue weighted by molar-refractivity contribution is 6.47. The molecule has 0 aliphatic carbocycles. The summed E-state index contributed by atoms with van der Waals surface area (Å²) in [4.78, 5) is 13.4. The highest BCUT2D eigenvalue weighted by Gasteiger charge is 2.54. The van der Waals surface area contributed by atoms with Gasteiger partial charge in [0, 0.05) is 25.8 Å². The molecule has 18 heavy (non-hydrogen) atoms. The maximum atomic E-state index is 11.5. The van der Waals surface area contributed by atoms with Crippen LogP contribution in [0.1, 0.15) is 47.5 Å². The van der Waals surface area contributed by atoms with Gasteiger partial charge in [0.15, 0.2) is 0 Å². The molecule has 2 aliphatic rings. The van der Waals surface area contributed by atoms with E-state index < -0.39 is 0 Å². The Hall–Kier alpha value is -0.545. The summed E-state index contributed by atoms with van der Waals surface area (Å²) < 4.78 is 12.1. The highest BCUT2D eigenvalue weighted by atomic mass is 16.7. The molecule has 5 heteroatoms. The van der Waals surface area contributed by atoms with E-state index in [1.807, 2.05) is 4.90 Å². The number of nitrogens with zero attached hydrogens (tertiary/aromatic N) is 1. The zero-order valence-corrected chi connectivity index (χ0v) is 12.2. The molecule has 0 radical (unpaired) electrons. The van der Waals surface area contributed by atoms with E-state index in [-0.39, 0.29) is 24.2 Å². The SMILES string of the molecule is CC(=O)N1CCCC(B2OC(C)(C)C(C)(C)O2)C1. The van der Waals surface area contributed by atoms with Gasteiger partial charge in [-0.1, -0.05) is 0 Å². The standard InChI is InChI=1S/C13H24BNO3/c1-10(16)15-8-6-7-11(9-15)14-17-12(2,3)13(4,5)18-14/h11H,6-9H2,1-5H3. The van der Waals surface area contributed by atoms with Crippen LogP contribution in [0.3, 0.4) is 0 Å². The number of carbonyl (C=O) groups excluding carboxylic acids is 1. The second kappa shape index (κ2) is 4.53. The van der Waals surface area contributed by atoms with Crippen LogP contribution >= 0.6 is 0 Å². The van der Waals surface area contributed by atoms with Crippen LogP contribution in [-0.2, 0) is 14.1 Å². The average Bonchev–Trinajstić information content (AvgIpc) is 2.48. The first-order valence-electron chi connectivity index (χ1n) is 6.84. The average molecular weight is 253 g/mol. The minimum Gasteiger partial charge on any atom is -0.403 e. The third-order valence-electron chi connectivity index (χ3n) is 4.56. The molecule has 0 saturated carbocycles. The number of rotatable bonds is 1. The molecule has 0 aromatic carbocycles. The molecule has 2 heterocycles. The van der Waals surface area contributed by atoms with E-state index in [2.05, 4.69) is 27.7 Å². The van der Waals surface area contributed by atoms with Gasteiger partial charge in [-0.15, -0.1) is 0 Å². The molecule has 0 N–H and O–H groups in total. The van der Waals surface area contributed by atoms with Gasteiger partial charge in [-0.25, -0.2) is 0 Å². The zero-order chi connectivity index (χ0) is 13.6. The van der Waals surface area contributed by atoms with Crippen LogP contribution in [0.4, 0.5) is 0 Å². The molecule has 2 aliphatic heterocycles. The Bertz CT molecular complexity index is 327. The van der Waals surface area contributed by atoms with Crippen molar-refractivity contribution < 1.29 is 14.1 Å². The third kappa shape index (κ3) is 2.43. The van der Waals surface area contributed by atoms with Crippen LogP contribution in [0.2, 0.25) is 5.82 Å². The van der Waals surface area contributed by atoms with E-state index in [0.717, 1.165) is 25.9 Å². The molecule has 1 amide bonds. The van der Waals surface area contributed by atoms with Gasteiger partial charge in [0.25, 0.3) is 0 Å². The molecule has 0 aromatic rings. The van der Waals surface area contributed by atoms with Crippen molar-refractivity contribution in [1.82, 2.24) is 4.90 Å². The molecule has 102 valence electrons. The monoisotopic (exact) mass is 253 g/mol. The fraction of sp³-hybridized carbons (Fsp3) is 0.923. The van der Waals surface area contributed by atoms with Crippen LogP contribution in [-0.4, -0.2) is 42.2 Å². The lowest BCUT2D eigenvalue weighted by molar-refractivity contribution is -0.129. The number of likely N-dealkylation sites (tertiary alicyclic amines) is 1. The van der Waals surface area contributed by atoms with E-state index >= 15 is 0 Å². The summed E-state index contributed by atoms with van der Waals surface area (Å²) in [6.45, 7) is 11.5. The van der Waals surface area contributed by atoms with E-state index in [1.165, 1.54) is 0 Å². The first kappa shape index (κ1) is 13.9. The smallest absolute Gasteiger partial charge is 0.403 e. The van der Waals surface area contributed by atoms with Crippen molar-refractivity contribution in [3.8, 4) is 0 Å². The Kier molecular flexibility index (Phi) is 3.49. The fourth-order valence-electron chi connectivity index (χ4n) is 2.60. The minimum atomic E-state index is -0.282. The Balaban J connectivity index is 2.03. The number of hydrogen-bond donors (Lipinski definition) is 0. The lowest BCUT2D eigenvalue weighted by atomic mass is 9.67. The largest absolute Gasteiger partial charge is 0.462 e. The van der Waals surface area contributed by atoms with Gasteiger partial charge in [0.05, 0.1) is 11.2 Å². The first-order chi connectivity index (χ1) is 8.23. The Morgan fingerprint density at radius 3 is 2.28 bits per heavy atom. The Morgan fingerprint density at radius 1 is 1.22 bits per heavy atom.